The van der Waals surface area contributed by atoms with Crippen LogP contribution >= 0.6 is 11.3 Å². The molecule has 0 aliphatic rings. The van der Waals surface area contributed by atoms with Crippen LogP contribution in [-0.4, -0.2) is 26.0 Å². The fourth-order valence-corrected chi connectivity index (χ4v) is 3.05. The van der Waals surface area contributed by atoms with Gasteiger partial charge >= 0.3 is 5.97 Å². The molecule has 0 bridgehead atoms. The maximum atomic E-state index is 11.2. The Morgan fingerprint density at radius 3 is 2.50 bits per heavy atom. The lowest BCUT2D eigenvalue weighted by molar-refractivity contribution is -0.146. The van der Waals surface area contributed by atoms with Gasteiger partial charge in [-0.2, -0.15) is 4.98 Å². The predicted octanol–water partition coefficient (Wildman–Crippen LogP) is 3.35. The predicted molar refractivity (Wildman–Crippen MR) is 94.1 cm³/mol. The molecule has 3 aromatic rings. The molecule has 0 spiro atoms. The van der Waals surface area contributed by atoms with Gasteiger partial charge in [0.25, 0.3) is 0 Å². The van der Waals surface area contributed by atoms with E-state index < -0.39 is 11.4 Å². The van der Waals surface area contributed by atoms with E-state index in [4.69, 9.17) is 0 Å². The van der Waals surface area contributed by atoms with Gasteiger partial charge < -0.3 is 10.4 Å². The zero-order chi connectivity index (χ0) is 17.2. The number of anilines is 1. The first-order valence-electron chi connectivity index (χ1n) is 7.57. The topological polar surface area (TPSA) is 88.0 Å². The van der Waals surface area contributed by atoms with E-state index in [1.165, 1.54) is 11.3 Å². The van der Waals surface area contributed by atoms with Crippen LogP contribution < -0.4 is 5.32 Å². The number of thiazole rings is 1. The Kier molecular flexibility index (Phi) is 4.44. The van der Waals surface area contributed by atoms with Crippen LogP contribution in [0.1, 0.15) is 25.0 Å². The summed E-state index contributed by atoms with van der Waals surface area (Å²) in [6.07, 6.45) is 3.79. The van der Waals surface area contributed by atoms with Gasteiger partial charge in [-0.1, -0.05) is 35.6 Å². The summed E-state index contributed by atoms with van der Waals surface area (Å²) in [7, 11) is 0. The summed E-state index contributed by atoms with van der Waals surface area (Å²) in [4.78, 5) is 24.8. The van der Waals surface area contributed by atoms with E-state index in [-0.39, 0.29) is 0 Å². The molecule has 0 amide bonds. The minimum absolute atomic E-state index is 0.505. The molecule has 3 rings (SSSR count). The zero-order valence-corrected chi connectivity index (χ0v) is 14.3. The highest BCUT2D eigenvalue weighted by Gasteiger charge is 2.27. The van der Waals surface area contributed by atoms with E-state index in [9.17, 15) is 9.90 Å². The number of aliphatic carboxylic acids is 1. The minimum Gasteiger partial charge on any atom is -0.481 e. The molecule has 0 radical (unpaired) electrons. The standard InChI is InChI=1S/C17H18N4O2S/c1-17(2,15(22)23)9-11-3-5-12(6-4-11)10-20-16-21-13-14(24-16)19-8-7-18-13/h3-8H,9-10H2,1-2H3,(H,22,23)(H,18,20,21). The number of benzene rings is 1. The Bertz CT molecular complexity index is 825. The van der Waals surface area contributed by atoms with Crippen LogP contribution in [0.5, 0.6) is 0 Å². The van der Waals surface area contributed by atoms with Crippen molar-refractivity contribution in [1.29, 1.82) is 0 Å². The van der Waals surface area contributed by atoms with Crippen LogP contribution in [-0.2, 0) is 17.8 Å². The third-order valence-electron chi connectivity index (χ3n) is 3.74. The van der Waals surface area contributed by atoms with E-state index in [0.29, 0.717) is 18.6 Å². The zero-order valence-electron chi connectivity index (χ0n) is 13.5. The van der Waals surface area contributed by atoms with Gasteiger partial charge in [0.15, 0.2) is 15.6 Å². The average molecular weight is 342 g/mol. The third kappa shape index (κ3) is 3.68. The summed E-state index contributed by atoms with van der Waals surface area (Å²) >= 11 is 1.47. The molecule has 2 heterocycles. The molecular weight excluding hydrogens is 324 g/mol. The van der Waals surface area contributed by atoms with Gasteiger partial charge in [0.1, 0.15) is 0 Å². The van der Waals surface area contributed by atoms with Crippen molar-refractivity contribution < 1.29 is 9.90 Å². The Morgan fingerprint density at radius 1 is 1.17 bits per heavy atom. The summed E-state index contributed by atoms with van der Waals surface area (Å²) in [5, 5.41) is 13.3. The van der Waals surface area contributed by atoms with Crippen LogP contribution in [0.15, 0.2) is 36.7 Å². The molecule has 1 aromatic carbocycles. The third-order valence-corrected chi connectivity index (χ3v) is 4.65. The molecule has 0 unspecified atom stereocenters. The number of aromatic nitrogens is 3. The molecule has 6 nitrogen and oxygen atoms in total. The first-order chi connectivity index (χ1) is 11.4. The lowest BCUT2D eigenvalue weighted by Crippen LogP contribution is -2.26. The molecular formula is C17H18N4O2S. The normalized spacial score (nSPS) is 11.6. The van der Waals surface area contributed by atoms with Crippen molar-refractivity contribution in [2.75, 3.05) is 5.32 Å². The fourth-order valence-electron chi connectivity index (χ4n) is 2.29. The van der Waals surface area contributed by atoms with Gasteiger partial charge in [0.2, 0.25) is 0 Å². The van der Waals surface area contributed by atoms with Crippen LogP contribution in [0.3, 0.4) is 0 Å². The van der Waals surface area contributed by atoms with Crippen molar-refractivity contribution in [3.05, 3.63) is 47.8 Å². The minimum atomic E-state index is -0.786. The molecule has 7 heteroatoms. The Hall–Kier alpha value is -2.54. The van der Waals surface area contributed by atoms with Crippen LogP contribution in [0, 0.1) is 5.41 Å². The smallest absolute Gasteiger partial charge is 0.309 e. The largest absolute Gasteiger partial charge is 0.481 e. The summed E-state index contributed by atoms with van der Waals surface area (Å²) in [5.74, 6) is -0.786. The maximum Gasteiger partial charge on any atom is 0.309 e. The Morgan fingerprint density at radius 2 is 1.83 bits per heavy atom. The second kappa shape index (κ2) is 6.52. The van der Waals surface area contributed by atoms with Crippen LogP contribution in [0.4, 0.5) is 5.13 Å². The van der Waals surface area contributed by atoms with Crippen molar-refractivity contribution in [2.24, 2.45) is 5.41 Å². The van der Waals surface area contributed by atoms with E-state index in [0.717, 1.165) is 21.1 Å². The monoisotopic (exact) mass is 342 g/mol. The molecule has 0 aliphatic heterocycles. The van der Waals surface area contributed by atoms with Crippen molar-refractivity contribution in [1.82, 2.24) is 15.0 Å². The lowest BCUT2D eigenvalue weighted by Gasteiger charge is -2.19. The summed E-state index contributed by atoms with van der Waals surface area (Å²) in [5.41, 5.74) is 2.00. The number of rotatable bonds is 6. The molecule has 2 aromatic heterocycles. The van der Waals surface area contributed by atoms with E-state index in [2.05, 4.69) is 20.3 Å². The second-order valence-electron chi connectivity index (χ2n) is 6.24. The van der Waals surface area contributed by atoms with Crippen molar-refractivity contribution in [3.8, 4) is 0 Å². The Labute approximate surface area is 143 Å². The number of carboxylic acid groups (broad SMARTS) is 1. The number of hydrogen-bond acceptors (Lipinski definition) is 6. The number of nitrogens with one attached hydrogen (secondary N) is 1. The van der Waals surface area contributed by atoms with Gasteiger partial charge in [-0.15, -0.1) is 0 Å². The molecule has 0 aliphatic carbocycles. The number of carbonyl (C=O) groups is 1. The van der Waals surface area contributed by atoms with Gasteiger partial charge in [0.05, 0.1) is 5.41 Å². The van der Waals surface area contributed by atoms with Crippen LogP contribution in [0.2, 0.25) is 0 Å². The number of fused-ring (bicyclic) bond motifs is 1. The lowest BCUT2D eigenvalue weighted by atomic mass is 9.86. The van der Waals surface area contributed by atoms with Crippen molar-refractivity contribution in [2.45, 2.75) is 26.8 Å². The van der Waals surface area contributed by atoms with Crippen LogP contribution in [0.25, 0.3) is 10.5 Å². The average Bonchev–Trinajstić information content (AvgIpc) is 2.96. The fraction of sp³-hybridized carbons (Fsp3) is 0.294. The second-order valence-corrected chi connectivity index (χ2v) is 7.22. The summed E-state index contributed by atoms with van der Waals surface area (Å²) in [6, 6.07) is 7.96. The van der Waals surface area contributed by atoms with Crippen molar-refractivity contribution in [3.63, 3.8) is 0 Å². The van der Waals surface area contributed by atoms with Gasteiger partial charge in [-0.25, -0.2) is 9.97 Å². The first kappa shape index (κ1) is 16.3. The molecule has 0 saturated heterocycles. The molecule has 24 heavy (non-hydrogen) atoms. The van der Waals surface area contributed by atoms with E-state index in [1.807, 2.05) is 24.3 Å². The molecule has 2 N–H and O–H groups in total. The summed E-state index contributed by atoms with van der Waals surface area (Å²) < 4.78 is 0. The highest BCUT2D eigenvalue weighted by molar-refractivity contribution is 7.21. The summed E-state index contributed by atoms with van der Waals surface area (Å²) in [6.45, 7) is 4.11. The quantitative estimate of drug-likeness (QED) is 0.714. The molecule has 0 atom stereocenters. The van der Waals surface area contributed by atoms with Crippen molar-refractivity contribution >= 4 is 32.9 Å². The molecule has 124 valence electrons. The highest BCUT2D eigenvalue weighted by atomic mass is 32.1. The SMILES string of the molecule is CC(C)(Cc1ccc(CNc2nc3nccnc3s2)cc1)C(=O)O. The van der Waals surface area contributed by atoms with Gasteiger partial charge in [0, 0.05) is 18.9 Å². The Balaban J connectivity index is 1.63. The number of hydrogen-bond donors (Lipinski definition) is 2. The van der Waals surface area contributed by atoms with E-state index >= 15 is 0 Å². The molecule has 0 fully saturated rings. The number of carboxylic acids is 1. The highest BCUT2D eigenvalue weighted by Crippen LogP contribution is 2.24. The maximum absolute atomic E-state index is 11.2. The van der Waals surface area contributed by atoms with E-state index in [1.54, 1.807) is 26.2 Å². The first-order valence-corrected chi connectivity index (χ1v) is 8.38. The van der Waals surface area contributed by atoms with Gasteiger partial charge in [-0.3, -0.25) is 4.79 Å². The number of nitrogens with zero attached hydrogens (tertiary/aromatic N) is 3. The van der Waals surface area contributed by atoms with Gasteiger partial charge in [-0.05, 0) is 31.4 Å². The molecule has 0 saturated carbocycles.